The molecule has 1 saturated heterocycles. The maximum atomic E-state index is 14.6. The lowest BCUT2D eigenvalue weighted by molar-refractivity contribution is -0.134. The fourth-order valence-corrected chi connectivity index (χ4v) is 13.8. The number of nitrogens with zero attached hydrogens (tertiary/aromatic N) is 6. The predicted molar refractivity (Wildman–Crippen MR) is 369 cm³/mol. The van der Waals surface area contributed by atoms with E-state index in [0.717, 1.165) is 141 Å². The number of unbranched alkanes of at least 4 members (excludes halogenated alkanes) is 12. The third kappa shape index (κ3) is 19.9. The number of azide groups is 1. The number of carbonyl (C=O) groups is 6. The first-order valence-electron chi connectivity index (χ1n) is 34.7. The van der Waals surface area contributed by atoms with E-state index in [1.807, 2.05) is 6.07 Å². The van der Waals surface area contributed by atoms with Crippen molar-refractivity contribution < 1.29 is 47.4 Å². The van der Waals surface area contributed by atoms with Gasteiger partial charge in [-0.1, -0.05) is 105 Å². The molecule has 2 heterocycles. The summed E-state index contributed by atoms with van der Waals surface area (Å²) < 4.78 is 22.1. The van der Waals surface area contributed by atoms with Crippen LogP contribution in [0.2, 0.25) is 0 Å². The number of hydrogen-bond acceptors (Lipinski definition) is 16. The predicted octanol–water partition coefficient (Wildman–Crippen LogP) is 9.02. The van der Waals surface area contributed by atoms with E-state index >= 15 is 0 Å². The molecule has 2 atom stereocenters. The Morgan fingerprint density at radius 1 is 0.635 bits per heavy atom. The average Bonchev–Trinajstić information content (AvgIpc) is 0.851. The summed E-state index contributed by atoms with van der Waals surface area (Å²) in [5, 5.41) is 7.08. The molecule has 0 unspecified atom stereocenters. The van der Waals surface area contributed by atoms with Gasteiger partial charge in [0.15, 0.2) is 0 Å². The number of benzene rings is 4. The van der Waals surface area contributed by atoms with Crippen LogP contribution in [0, 0.1) is 0 Å². The Balaban J connectivity index is 0.887. The molecular weight excluding hydrogens is 1220 g/mol. The van der Waals surface area contributed by atoms with Crippen LogP contribution in [0.4, 0.5) is 5.69 Å². The zero-order valence-electron chi connectivity index (χ0n) is 56.2. The molecule has 1 aromatic heterocycles. The van der Waals surface area contributed by atoms with Crippen LogP contribution in [0.25, 0.3) is 21.3 Å². The van der Waals surface area contributed by atoms with E-state index < -0.39 is 34.8 Å². The first-order chi connectivity index (χ1) is 46.6. The molecule has 3 aliphatic carbocycles. The number of likely N-dealkylation sites (N-methyl/N-ethyl adjacent to an activating group) is 2. The number of nitrogens with two attached hydrogens (primary N) is 3. The lowest BCUT2D eigenvalue weighted by Gasteiger charge is -2.51. The summed E-state index contributed by atoms with van der Waals surface area (Å²) in [5.41, 5.74) is 33.7. The molecule has 23 nitrogen and oxygen atoms in total. The van der Waals surface area contributed by atoms with Crippen molar-refractivity contribution in [3.63, 3.8) is 0 Å². The first kappa shape index (κ1) is 73.9. The van der Waals surface area contributed by atoms with Gasteiger partial charge in [0.1, 0.15) is 17.6 Å². The van der Waals surface area contributed by atoms with Crippen LogP contribution in [-0.2, 0) is 56.4 Å². The summed E-state index contributed by atoms with van der Waals surface area (Å²) in [6.07, 6.45) is 17.1. The number of rotatable bonds is 44. The molecule has 4 aliphatic rings. The highest BCUT2D eigenvalue weighted by Gasteiger charge is 2.52. The summed E-state index contributed by atoms with van der Waals surface area (Å²) in [6.45, 7) is 3.94. The minimum absolute atomic E-state index is 0.00855. The van der Waals surface area contributed by atoms with E-state index in [4.69, 9.17) is 36.9 Å². The van der Waals surface area contributed by atoms with Gasteiger partial charge in [-0.15, -0.1) is 0 Å². The number of fused-ring (bicyclic) bond motifs is 1. The summed E-state index contributed by atoms with van der Waals surface area (Å²) in [5.74, 6) is -1.84. The van der Waals surface area contributed by atoms with Gasteiger partial charge in [0.2, 0.25) is 17.7 Å². The van der Waals surface area contributed by atoms with Gasteiger partial charge in [-0.2, -0.15) is 0 Å². The third-order valence-corrected chi connectivity index (χ3v) is 19.0. The minimum Gasteiger partial charge on any atom is -0.377 e. The van der Waals surface area contributed by atoms with Crippen LogP contribution in [0.1, 0.15) is 196 Å². The monoisotopic (exact) mass is 1320 g/mol. The van der Waals surface area contributed by atoms with Gasteiger partial charge in [0.25, 0.3) is 5.91 Å². The normalized spacial score (nSPS) is 16.6. The van der Waals surface area contributed by atoms with Gasteiger partial charge in [-0.3, -0.25) is 33.8 Å². The molecule has 5 aromatic rings. The van der Waals surface area contributed by atoms with Gasteiger partial charge in [0.05, 0.1) is 56.6 Å². The molecule has 4 amide bonds. The summed E-state index contributed by atoms with van der Waals surface area (Å²) in [4.78, 5) is 117. The Kier molecular flexibility index (Phi) is 28.9. The molecule has 1 fully saturated rings. The standard InChI is InChI=1S/C73H99N11O12/c1-82(34-36-93-38-40-95-41-39-94-37-35-83(2)70(90)65-48-54(80-81-77)49-84(65)69(89)52-23-27-60-64(46-52)79-72(92)96-71(60)91)67(88)29-30-73-61-44-50(42-55(85)18-12-6-3-9-15-31-74)21-25-57(61)68(58-26-22-51(45-62(58)73)43-56(86)19-13-7-4-10-16-32-75)59-28-24-53(47-63(59)73)78-66(87)20-14-8-5-11-17-33-76/h21-28,44-47,54,65,68H,3-20,29-43,48-49,74-76H2,1-2H3,(H,78,87)(H,79,92)/t54-,65-,68?,73?/m0/s1. The fourth-order valence-electron chi connectivity index (χ4n) is 13.8. The van der Waals surface area contributed by atoms with Crippen molar-refractivity contribution in [2.24, 2.45) is 22.3 Å². The van der Waals surface area contributed by atoms with E-state index in [0.29, 0.717) is 57.5 Å². The van der Waals surface area contributed by atoms with Crippen LogP contribution < -0.4 is 33.9 Å². The Hall–Kier alpha value is -7.89. The Morgan fingerprint density at radius 2 is 1.15 bits per heavy atom. The Bertz CT molecular complexity index is 3440. The second-order valence-electron chi connectivity index (χ2n) is 25.9. The average molecular weight is 1320 g/mol. The largest absolute Gasteiger partial charge is 0.419 e. The summed E-state index contributed by atoms with van der Waals surface area (Å²) in [7, 11) is 3.36. The highest BCUT2D eigenvalue weighted by molar-refractivity contribution is 6.00. The number of Topliss-reactive ketones (excluding diaryl/α,β-unsaturated/α-hetero) is 2. The Morgan fingerprint density at radius 3 is 1.71 bits per heavy atom. The maximum Gasteiger partial charge on any atom is 0.419 e. The molecule has 9 rings (SSSR count). The van der Waals surface area contributed by atoms with E-state index in [2.05, 4.69) is 73.3 Å². The molecule has 2 bridgehead atoms. The quantitative estimate of drug-likeness (QED) is 0.0105. The molecule has 4 aromatic carbocycles. The van der Waals surface area contributed by atoms with Crippen molar-refractivity contribution in [1.82, 2.24) is 19.7 Å². The second kappa shape index (κ2) is 37.6. The smallest absolute Gasteiger partial charge is 0.377 e. The molecule has 0 radical (unpaired) electrons. The molecule has 23 heteroatoms. The highest BCUT2D eigenvalue weighted by Crippen LogP contribution is 2.61. The number of H-pyrrole nitrogens is 1. The topological polar surface area (TPSA) is 342 Å². The molecule has 96 heavy (non-hydrogen) atoms. The van der Waals surface area contributed by atoms with Crippen LogP contribution in [0.3, 0.4) is 0 Å². The molecule has 0 saturated carbocycles. The fraction of sp³-hybridized carbons (Fsp3) is 0.562. The number of likely N-dealkylation sites (tertiary alicyclic amines) is 1. The van der Waals surface area contributed by atoms with Crippen molar-refractivity contribution >= 4 is 51.8 Å². The van der Waals surface area contributed by atoms with Crippen molar-refractivity contribution in [1.29, 1.82) is 0 Å². The van der Waals surface area contributed by atoms with Gasteiger partial charge < -0.3 is 55.8 Å². The number of carbonyl (C=O) groups excluding carboxylic acids is 6. The van der Waals surface area contributed by atoms with Gasteiger partial charge in [-0.25, -0.2) is 9.59 Å². The van der Waals surface area contributed by atoms with E-state index in [1.54, 1.807) is 19.0 Å². The van der Waals surface area contributed by atoms with Crippen molar-refractivity contribution in [2.75, 3.05) is 98.3 Å². The number of aromatic amines is 1. The number of anilines is 1. The van der Waals surface area contributed by atoms with E-state index in [1.165, 1.54) is 28.0 Å². The van der Waals surface area contributed by atoms with E-state index in [-0.39, 0.29) is 130 Å². The van der Waals surface area contributed by atoms with E-state index in [9.17, 15) is 38.4 Å². The third-order valence-electron chi connectivity index (χ3n) is 19.0. The van der Waals surface area contributed by atoms with Crippen LogP contribution in [-0.4, -0.2) is 160 Å². The van der Waals surface area contributed by atoms with Gasteiger partial charge in [0, 0.05) is 99.7 Å². The Labute approximate surface area is 562 Å². The lowest BCUT2D eigenvalue weighted by Crippen LogP contribution is -2.47. The number of nitrogens with one attached hydrogen (secondary N) is 2. The molecule has 8 N–H and O–H groups in total. The van der Waals surface area contributed by atoms with Crippen molar-refractivity contribution in [3.8, 4) is 0 Å². The number of aromatic nitrogens is 1. The summed E-state index contributed by atoms with van der Waals surface area (Å²) >= 11 is 0. The van der Waals surface area contributed by atoms with Crippen molar-refractivity contribution in [2.45, 2.75) is 171 Å². The summed E-state index contributed by atoms with van der Waals surface area (Å²) in [6, 6.07) is 21.6. The second-order valence-corrected chi connectivity index (χ2v) is 25.9. The van der Waals surface area contributed by atoms with Gasteiger partial charge >= 0.3 is 11.4 Å². The zero-order valence-corrected chi connectivity index (χ0v) is 56.2. The molecule has 518 valence electrons. The highest BCUT2D eigenvalue weighted by atomic mass is 16.5. The van der Waals surface area contributed by atoms with Crippen LogP contribution in [0.15, 0.2) is 91.9 Å². The number of hydrogen-bond donors (Lipinski definition) is 5. The zero-order chi connectivity index (χ0) is 68.4. The minimum atomic E-state index is -0.973. The molecular formula is C73H99N11O12. The number of amides is 4. The first-order valence-corrected chi connectivity index (χ1v) is 34.7. The number of ketones is 2. The maximum absolute atomic E-state index is 14.6. The lowest BCUT2D eigenvalue weighted by atomic mass is 9.51. The number of ether oxygens (including phenoxy) is 3. The van der Waals surface area contributed by atoms with Gasteiger partial charge in [-0.05, 0) is 151 Å². The molecule has 1 aliphatic heterocycles. The van der Waals surface area contributed by atoms with Crippen molar-refractivity contribution in [3.05, 3.63) is 154 Å². The SMILES string of the molecule is CN(CCOCCOCCOCCN(C)C(=O)[C@@H]1C[C@H](N=[N+]=[N-])CN1C(=O)c1ccc2c(=O)oc(=O)[nH]c2c1)C(=O)CCC12c3cc(CC(=O)CCCCCCCN)ccc3C(c3ccc(CC(=O)CCCCCCCN)cc31)c1ccc(NC(=O)CCCCCCCN)cc12. The van der Waals surface area contributed by atoms with Crippen LogP contribution in [0.5, 0.6) is 0 Å². The molecule has 0 spiro atoms. The van der Waals surface area contributed by atoms with Crippen LogP contribution >= 0.6 is 0 Å².